The second-order valence-corrected chi connectivity index (χ2v) is 2.31. The average molecular weight is 234 g/mol. The van der Waals surface area contributed by atoms with Gasteiger partial charge in [0.2, 0.25) is 0 Å². The van der Waals surface area contributed by atoms with Crippen LogP contribution in [0.25, 0.3) is 0 Å². The van der Waals surface area contributed by atoms with Gasteiger partial charge >= 0.3 is 11.9 Å². The molecule has 0 aliphatic rings. The Hall–Kier alpha value is -1.66. The summed E-state index contributed by atoms with van der Waals surface area (Å²) in [6.45, 7) is 8.83. The van der Waals surface area contributed by atoms with E-state index in [9.17, 15) is 9.59 Å². The van der Waals surface area contributed by atoms with Crippen LogP contribution in [-0.4, -0.2) is 40.5 Å². The lowest BCUT2D eigenvalue weighted by Gasteiger charge is -1.83. The van der Waals surface area contributed by atoms with E-state index in [1.165, 1.54) is 13.8 Å². The molecule has 0 atom stereocenters. The number of aliphatic hydroxyl groups excluding tert-OH is 2. The summed E-state index contributed by atoms with van der Waals surface area (Å²) in [5.74, 6) is -1.26. The number of aliphatic carboxylic acids is 1. The fraction of sp³-hybridized carbons (Fsp3) is 0.400. The molecule has 0 heterocycles. The van der Waals surface area contributed by atoms with Gasteiger partial charge in [-0.05, 0) is 6.92 Å². The van der Waals surface area contributed by atoms with Gasteiger partial charge in [0.1, 0.15) is 0 Å². The van der Waals surface area contributed by atoms with Crippen LogP contribution in [0.4, 0.5) is 0 Å². The predicted octanol–water partition coefficient (Wildman–Crippen LogP) is 0.311. The van der Waals surface area contributed by atoms with Crippen LogP contribution in [0.5, 0.6) is 0 Å². The topological polar surface area (TPSA) is 104 Å². The Morgan fingerprint density at radius 2 is 1.56 bits per heavy atom. The minimum absolute atomic E-state index is 0.125. The lowest BCUT2D eigenvalue weighted by molar-refractivity contribution is -0.135. The van der Waals surface area contributed by atoms with Crippen molar-refractivity contribution in [2.45, 2.75) is 13.8 Å². The second-order valence-electron chi connectivity index (χ2n) is 2.31. The van der Waals surface area contributed by atoms with Gasteiger partial charge in [-0.3, -0.25) is 4.79 Å². The van der Waals surface area contributed by atoms with Crippen LogP contribution >= 0.6 is 0 Å². The monoisotopic (exact) mass is 234 g/mol. The fourth-order valence-corrected chi connectivity index (χ4v) is 0.117. The smallest absolute Gasteiger partial charge is 0.330 e. The Bertz CT molecular complexity index is 207. The number of carboxylic acids is 1. The van der Waals surface area contributed by atoms with Crippen LogP contribution in [-0.2, 0) is 14.3 Å². The van der Waals surface area contributed by atoms with E-state index in [2.05, 4.69) is 17.9 Å². The molecular weight excluding hydrogens is 216 g/mol. The fourth-order valence-electron chi connectivity index (χ4n) is 0.117. The highest BCUT2D eigenvalue weighted by molar-refractivity contribution is 5.84. The first-order valence-corrected chi connectivity index (χ1v) is 4.22. The van der Waals surface area contributed by atoms with E-state index < -0.39 is 5.97 Å². The van der Waals surface area contributed by atoms with Crippen LogP contribution in [0.3, 0.4) is 0 Å². The third-order valence-electron chi connectivity index (χ3n) is 0.714. The van der Waals surface area contributed by atoms with E-state index in [-0.39, 0.29) is 24.8 Å². The molecule has 16 heavy (non-hydrogen) atoms. The first-order valence-electron chi connectivity index (χ1n) is 4.22. The van der Waals surface area contributed by atoms with Crippen molar-refractivity contribution in [2.75, 3.05) is 13.2 Å². The van der Waals surface area contributed by atoms with Crippen LogP contribution in [0.1, 0.15) is 13.8 Å². The van der Waals surface area contributed by atoms with Gasteiger partial charge in [-0.1, -0.05) is 13.2 Å². The van der Waals surface area contributed by atoms with Gasteiger partial charge in [0.05, 0.1) is 19.5 Å². The predicted molar refractivity (Wildman–Crippen MR) is 58.6 cm³/mol. The van der Waals surface area contributed by atoms with Crippen molar-refractivity contribution in [1.82, 2.24) is 0 Å². The molecule has 0 aliphatic carbocycles. The Kier molecular flexibility index (Phi) is 19.6. The van der Waals surface area contributed by atoms with E-state index in [0.717, 1.165) is 6.26 Å². The van der Waals surface area contributed by atoms with E-state index >= 15 is 0 Å². The summed E-state index contributed by atoms with van der Waals surface area (Å²) >= 11 is 0. The molecule has 0 unspecified atom stereocenters. The van der Waals surface area contributed by atoms with Crippen molar-refractivity contribution >= 4 is 11.9 Å². The number of carbonyl (C=O) groups excluding carboxylic acids is 1. The molecule has 0 spiro atoms. The summed E-state index contributed by atoms with van der Waals surface area (Å²) in [6.07, 6.45) is 1.10. The second kappa shape index (κ2) is 15.8. The highest BCUT2D eigenvalue weighted by atomic mass is 16.5. The highest BCUT2D eigenvalue weighted by Crippen LogP contribution is 1.81. The highest BCUT2D eigenvalue weighted by Gasteiger charge is 1.90. The maximum absolute atomic E-state index is 9.75. The summed E-state index contributed by atoms with van der Waals surface area (Å²) in [6, 6.07) is 0. The van der Waals surface area contributed by atoms with Gasteiger partial charge in [-0.25, -0.2) is 4.79 Å². The summed E-state index contributed by atoms with van der Waals surface area (Å²) in [5.41, 5.74) is 0.176. The van der Waals surface area contributed by atoms with Gasteiger partial charge < -0.3 is 20.1 Å². The normalized spacial score (nSPS) is 7.25. The maximum atomic E-state index is 9.75. The summed E-state index contributed by atoms with van der Waals surface area (Å²) in [4.78, 5) is 19.3. The number of rotatable bonds is 3. The van der Waals surface area contributed by atoms with E-state index in [1.54, 1.807) is 0 Å². The number of hydrogen-bond donors (Lipinski definition) is 3. The van der Waals surface area contributed by atoms with Gasteiger partial charge in [0, 0.05) is 12.5 Å². The number of esters is 1. The standard InChI is InChI=1S/2C4H6O2.C2H6O2/c1-3-6-4(2)5;1-3(2)4(5)6;3-1-2-4/h3H,1H2,2H3;1H2,2H3,(H,5,6);3-4H,1-2H2. The van der Waals surface area contributed by atoms with Crippen molar-refractivity contribution in [2.24, 2.45) is 0 Å². The molecule has 94 valence electrons. The zero-order chi connectivity index (χ0) is 13.6. The third-order valence-corrected chi connectivity index (χ3v) is 0.714. The van der Waals surface area contributed by atoms with Crippen molar-refractivity contribution in [3.63, 3.8) is 0 Å². The third kappa shape index (κ3) is 39.5. The van der Waals surface area contributed by atoms with Crippen LogP contribution in [0.2, 0.25) is 0 Å². The molecule has 0 saturated heterocycles. The van der Waals surface area contributed by atoms with Crippen LogP contribution < -0.4 is 0 Å². The minimum Gasteiger partial charge on any atom is -0.478 e. The number of aliphatic hydroxyl groups is 2. The molecule has 0 aliphatic heterocycles. The molecule has 6 heteroatoms. The van der Waals surface area contributed by atoms with Gasteiger partial charge in [0.15, 0.2) is 0 Å². The lowest BCUT2D eigenvalue weighted by atomic mass is 10.4. The molecule has 6 nitrogen and oxygen atoms in total. The van der Waals surface area contributed by atoms with Crippen LogP contribution in [0, 0.1) is 0 Å². The Balaban J connectivity index is -0.000000162. The lowest BCUT2D eigenvalue weighted by Crippen LogP contribution is -1.92. The van der Waals surface area contributed by atoms with Gasteiger partial charge in [-0.2, -0.15) is 0 Å². The van der Waals surface area contributed by atoms with E-state index in [1.807, 2.05) is 0 Å². The summed E-state index contributed by atoms with van der Waals surface area (Å²) in [7, 11) is 0. The Morgan fingerprint density at radius 3 is 1.56 bits per heavy atom. The molecule has 0 rings (SSSR count). The quantitative estimate of drug-likeness (QED) is 0.369. The molecule has 0 aromatic carbocycles. The van der Waals surface area contributed by atoms with Gasteiger partial charge in [-0.15, -0.1) is 0 Å². The molecule has 0 aromatic heterocycles. The van der Waals surface area contributed by atoms with E-state index in [0.29, 0.717) is 0 Å². The average Bonchev–Trinajstić information content (AvgIpc) is 2.18. The number of hydrogen-bond acceptors (Lipinski definition) is 5. The first kappa shape index (κ1) is 19.8. The first-order chi connectivity index (χ1) is 7.33. The Morgan fingerprint density at radius 1 is 1.25 bits per heavy atom. The molecule has 0 saturated carbocycles. The summed E-state index contributed by atoms with van der Waals surface area (Å²) in [5, 5.41) is 23.1. The molecular formula is C10H18O6. The van der Waals surface area contributed by atoms with Crippen molar-refractivity contribution in [3.05, 3.63) is 25.0 Å². The largest absolute Gasteiger partial charge is 0.478 e. The Labute approximate surface area is 94.5 Å². The molecule has 0 radical (unpaired) electrons. The number of ether oxygens (including phenoxy) is 1. The zero-order valence-corrected chi connectivity index (χ0v) is 9.47. The molecule has 0 bridgehead atoms. The van der Waals surface area contributed by atoms with E-state index in [4.69, 9.17) is 15.3 Å². The molecule has 3 N–H and O–H groups in total. The molecule has 0 fully saturated rings. The maximum Gasteiger partial charge on any atom is 0.330 e. The summed E-state index contributed by atoms with van der Waals surface area (Å²) < 4.78 is 4.17. The van der Waals surface area contributed by atoms with Crippen molar-refractivity contribution in [1.29, 1.82) is 0 Å². The minimum atomic E-state index is -0.935. The molecule has 0 aromatic rings. The SMILES string of the molecule is C=C(C)C(=O)O.C=COC(C)=O.OCCO. The van der Waals surface area contributed by atoms with Crippen molar-refractivity contribution in [3.8, 4) is 0 Å². The van der Waals surface area contributed by atoms with Crippen LogP contribution in [0.15, 0.2) is 25.0 Å². The molecule has 0 amide bonds. The zero-order valence-electron chi connectivity index (χ0n) is 9.47. The number of carbonyl (C=O) groups is 2. The number of carboxylic acid groups (broad SMARTS) is 1. The van der Waals surface area contributed by atoms with Crippen molar-refractivity contribution < 1.29 is 29.6 Å². The van der Waals surface area contributed by atoms with Gasteiger partial charge in [0.25, 0.3) is 0 Å².